The molecular weight excluding hydrogens is 550 g/mol. The predicted molar refractivity (Wildman–Crippen MR) is 142 cm³/mol. The lowest BCUT2D eigenvalue weighted by molar-refractivity contribution is -0.147. The van der Waals surface area contributed by atoms with Crippen molar-refractivity contribution in [1.82, 2.24) is 20.0 Å². The first-order valence-electron chi connectivity index (χ1n) is 12.9. The number of nitrogens with zero attached hydrogens (tertiary/aromatic N) is 1. The topological polar surface area (TPSA) is 181 Å². The smallest absolute Gasteiger partial charge is 0.459 e. The Balaban J connectivity index is 1.82. The molecule has 0 radical (unpaired) electrons. The van der Waals surface area contributed by atoms with Crippen LogP contribution in [-0.2, 0) is 18.6 Å². The van der Waals surface area contributed by atoms with Crippen molar-refractivity contribution in [2.24, 2.45) is 0 Å². The van der Waals surface area contributed by atoms with Gasteiger partial charge in [0.25, 0.3) is 5.56 Å². The van der Waals surface area contributed by atoms with Gasteiger partial charge < -0.3 is 19.5 Å². The molecule has 0 amide bonds. The molecule has 0 saturated carbocycles. The number of aliphatic hydroxyl groups is 2. The highest BCUT2D eigenvalue weighted by atomic mass is 31.2. The van der Waals surface area contributed by atoms with Gasteiger partial charge in [0.15, 0.2) is 0 Å². The van der Waals surface area contributed by atoms with Crippen LogP contribution in [0.4, 0.5) is 4.39 Å². The van der Waals surface area contributed by atoms with Gasteiger partial charge in [-0.05, 0) is 45.7 Å². The molecule has 5 N–H and O–H groups in total. The van der Waals surface area contributed by atoms with Crippen LogP contribution in [0.15, 0.2) is 52.2 Å². The molecule has 6 atom stereocenters. The molecule has 2 heterocycles. The summed E-state index contributed by atoms with van der Waals surface area (Å²) >= 11 is 0. The first kappa shape index (κ1) is 31.7. The number of hydrogen-bond acceptors (Lipinski definition) is 10. The van der Waals surface area contributed by atoms with E-state index in [0.717, 1.165) is 16.8 Å². The number of carbonyl (C=O) groups is 1. The molecule has 222 valence electrons. The fourth-order valence-electron chi connectivity index (χ4n) is 4.30. The third-order valence-corrected chi connectivity index (χ3v) is 8.07. The zero-order valence-electron chi connectivity index (χ0n) is 22.7. The van der Waals surface area contributed by atoms with Gasteiger partial charge in [0.2, 0.25) is 5.79 Å². The molecule has 2 aromatic rings. The molecule has 1 aliphatic heterocycles. The van der Waals surface area contributed by atoms with E-state index in [0.29, 0.717) is 0 Å². The summed E-state index contributed by atoms with van der Waals surface area (Å²) in [6, 6.07) is 8.34. The third kappa shape index (κ3) is 7.45. The molecular formula is C25H36FN4O9P. The number of aromatic nitrogens is 2. The van der Waals surface area contributed by atoms with E-state index >= 15 is 4.39 Å². The number of halogens is 1. The Morgan fingerprint density at radius 3 is 2.50 bits per heavy atom. The van der Waals surface area contributed by atoms with E-state index in [2.05, 4.69) is 10.4 Å². The monoisotopic (exact) mass is 586 g/mol. The first-order chi connectivity index (χ1) is 18.7. The average molecular weight is 587 g/mol. The maximum absolute atomic E-state index is 16.2. The van der Waals surface area contributed by atoms with E-state index < -0.39 is 61.3 Å². The number of esters is 1. The maximum atomic E-state index is 16.2. The number of hydrogen-bond donors (Lipinski definition) is 5. The number of ether oxygens (including phenoxy) is 1. The zero-order chi connectivity index (χ0) is 29.7. The van der Waals surface area contributed by atoms with Crippen LogP contribution >= 0.6 is 7.75 Å². The highest BCUT2D eigenvalue weighted by Crippen LogP contribution is 2.48. The number of aliphatic hydroxyl groups excluding tert-OH is 1. The number of carbonyl (C=O) groups excluding carboxylic acids is 1. The van der Waals surface area contributed by atoms with E-state index in [1.54, 1.807) is 39.0 Å². The molecule has 2 unspecified atom stereocenters. The van der Waals surface area contributed by atoms with Crippen LogP contribution < -0.4 is 26.2 Å². The van der Waals surface area contributed by atoms with Crippen LogP contribution in [0, 0.1) is 0 Å². The first-order valence-corrected chi connectivity index (χ1v) is 14.4. The second-order valence-corrected chi connectivity index (χ2v) is 11.7. The van der Waals surface area contributed by atoms with Gasteiger partial charge in [-0.15, -0.1) is 0 Å². The summed E-state index contributed by atoms with van der Waals surface area (Å²) in [5, 5.41) is 27.1. The molecule has 0 bridgehead atoms. The van der Waals surface area contributed by atoms with Crippen molar-refractivity contribution < 1.29 is 37.7 Å². The summed E-state index contributed by atoms with van der Waals surface area (Å²) in [7, 11) is -4.36. The van der Waals surface area contributed by atoms with Crippen LogP contribution in [0.2, 0.25) is 0 Å². The Morgan fingerprint density at radius 1 is 1.23 bits per heavy atom. The highest BCUT2D eigenvalue weighted by molar-refractivity contribution is 7.52. The largest absolute Gasteiger partial charge is 0.463 e. The molecule has 1 saturated heterocycles. The molecule has 1 aromatic carbocycles. The number of benzene rings is 1. The van der Waals surface area contributed by atoms with Crippen molar-refractivity contribution in [1.29, 1.82) is 0 Å². The summed E-state index contributed by atoms with van der Waals surface area (Å²) in [6.07, 6.45) is -2.93. The lowest BCUT2D eigenvalue weighted by Crippen LogP contribution is -2.52. The van der Waals surface area contributed by atoms with Gasteiger partial charge in [-0.25, -0.2) is 18.8 Å². The van der Waals surface area contributed by atoms with Gasteiger partial charge >= 0.3 is 19.4 Å². The van der Waals surface area contributed by atoms with Gasteiger partial charge in [0, 0.05) is 24.7 Å². The van der Waals surface area contributed by atoms with Gasteiger partial charge in [-0.3, -0.25) is 29.0 Å². The number of alkyl halides is 1. The number of rotatable bonds is 13. The van der Waals surface area contributed by atoms with Crippen LogP contribution in [0.25, 0.3) is 0 Å². The molecule has 40 heavy (non-hydrogen) atoms. The number of aromatic amines is 1. The molecule has 1 aromatic heterocycles. The Kier molecular flexibility index (Phi) is 10.1. The Hall–Kier alpha value is -2.87. The second kappa shape index (κ2) is 12.8. The quantitative estimate of drug-likeness (QED) is 0.131. The predicted octanol–water partition coefficient (Wildman–Crippen LogP) is 1.72. The van der Waals surface area contributed by atoms with Crippen molar-refractivity contribution in [3.63, 3.8) is 0 Å². The van der Waals surface area contributed by atoms with Gasteiger partial charge in [0.05, 0.1) is 6.10 Å². The van der Waals surface area contributed by atoms with Crippen LogP contribution in [0.1, 0.15) is 53.1 Å². The summed E-state index contributed by atoms with van der Waals surface area (Å²) in [4.78, 5) is 37.8. The molecule has 1 fully saturated rings. The van der Waals surface area contributed by atoms with Crippen molar-refractivity contribution in [2.75, 3.05) is 6.61 Å². The van der Waals surface area contributed by atoms with E-state index in [1.165, 1.54) is 19.1 Å². The number of para-hydroxylation sites is 1. The molecule has 0 aliphatic carbocycles. The third-order valence-electron chi connectivity index (χ3n) is 6.39. The average Bonchev–Trinajstić information content (AvgIpc) is 3.08. The Bertz CT molecular complexity index is 1320. The maximum Gasteiger partial charge on any atom is 0.459 e. The zero-order valence-corrected chi connectivity index (χ0v) is 23.6. The summed E-state index contributed by atoms with van der Waals surface area (Å²) < 4.78 is 47.0. The van der Waals surface area contributed by atoms with Gasteiger partial charge in [0.1, 0.15) is 30.2 Å². The minimum absolute atomic E-state index is 0.00410. The van der Waals surface area contributed by atoms with Crippen LogP contribution in [0.5, 0.6) is 5.75 Å². The molecule has 13 nitrogen and oxygen atoms in total. The SMILES string of the molecule is CC[C@]1(O)[C@H](n2ccc(=O)[nH]c2=O)N[C@](F)(COP(=O)(NC(C)CCC(=O)OC(C)C)Oc2ccccc2)[C@H]1O. The second-order valence-electron chi connectivity index (χ2n) is 9.96. The fraction of sp³-hybridized carbons (Fsp3) is 0.560. The van der Waals surface area contributed by atoms with Crippen molar-refractivity contribution in [3.8, 4) is 5.75 Å². The fourth-order valence-corrected chi connectivity index (χ4v) is 5.91. The van der Waals surface area contributed by atoms with Gasteiger partial charge in [-0.2, -0.15) is 0 Å². The van der Waals surface area contributed by atoms with E-state index in [9.17, 15) is 29.2 Å². The summed E-state index contributed by atoms with van der Waals surface area (Å²) in [5.41, 5.74) is -3.87. The van der Waals surface area contributed by atoms with Crippen LogP contribution in [0.3, 0.4) is 0 Å². The molecule has 1 aliphatic rings. The Morgan fingerprint density at radius 2 is 1.90 bits per heavy atom. The van der Waals surface area contributed by atoms with Gasteiger partial charge in [-0.1, -0.05) is 25.1 Å². The van der Waals surface area contributed by atoms with Crippen molar-refractivity contribution in [2.45, 2.75) is 82.8 Å². The number of H-pyrrole nitrogens is 1. The lowest BCUT2D eigenvalue weighted by atomic mass is 9.90. The minimum Gasteiger partial charge on any atom is -0.463 e. The molecule has 3 rings (SSSR count). The minimum atomic E-state index is -4.36. The van der Waals surface area contributed by atoms with E-state index in [1.807, 2.05) is 4.98 Å². The number of nitrogens with one attached hydrogen (secondary N) is 3. The van der Waals surface area contributed by atoms with Crippen molar-refractivity contribution >= 4 is 13.7 Å². The van der Waals surface area contributed by atoms with Crippen LogP contribution in [-0.4, -0.2) is 62.0 Å². The van der Waals surface area contributed by atoms with Crippen molar-refractivity contribution in [3.05, 3.63) is 63.4 Å². The normalized spacial score (nSPS) is 26.8. The summed E-state index contributed by atoms with van der Waals surface area (Å²) in [6.45, 7) is 5.44. The Labute approximate surface area is 230 Å². The van der Waals surface area contributed by atoms with E-state index in [-0.39, 0.29) is 31.1 Å². The standard InChI is InChI=1S/C25H36FN4O9P/c1-5-24(35)21(33)25(26,28-22(24)30-14-13-19(31)27-23(30)34)15-37-40(36,39-18-9-7-6-8-10-18)29-17(4)11-12-20(32)38-16(2)3/h6-10,13-14,16-17,21-22,28,33,35H,5,11-12,15H2,1-4H3,(H,29,36)(H,27,31,34)/t17?,21-,22-,24+,25+,40?/m0/s1. The van der Waals surface area contributed by atoms with E-state index in [4.69, 9.17) is 13.8 Å². The molecule has 0 spiro atoms. The highest BCUT2D eigenvalue weighted by Gasteiger charge is 2.63. The molecule has 15 heteroatoms. The summed E-state index contributed by atoms with van der Waals surface area (Å²) in [5.74, 6) is -3.22. The lowest BCUT2D eigenvalue weighted by Gasteiger charge is -2.32.